The van der Waals surface area contributed by atoms with Crippen molar-refractivity contribution in [3.05, 3.63) is 70.2 Å². The zero-order valence-corrected chi connectivity index (χ0v) is 13.0. The molecule has 0 unspecified atom stereocenters. The lowest BCUT2D eigenvalue weighted by atomic mass is 9.93. The molecule has 1 amide bonds. The summed E-state index contributed by atoms with van der Waals surface area (Å²) in [6, 6.07) is 9.92. The number of carbonyl (C=O) groups excluding carboxylic acids is 1. The first kappa shape index (κ1) is 16.4. The molecule has 2 nitrogen and oxygen atoms in total. The van der Waals surface area contributed by atoms with E-state index in [9.17, 15) is 13.6 Å². The summed E-state index contributed by atoms with van der Waals surface area (Å²) in [7, 11) is 0. The maximum Gasteiger partial charge on any atom is 0.225 e. The smallest absolute Gasteiger partial charge is 0.225 e. The van der Waals surface area contributed by atoms with Crippen LogP contribution in [0.1, 0.15) is 25.0 Å². The number of hydrogen-bond acceptors (Lipinski definition) is 1. The minimum absolute atomic E-state index is 0.0556. The first-order valence-corrected chi connectivity index (χ1v) is 7.17. The van der Waals surface area contributed by atoms with Crippen molar-refractivity contribution in [1.82, 2.24) is 5.32 Å². The van der Waals surface area contributed by atoms with Gasteiger partial charge in [0.1, 0.15) is 11.6 Å². The van der Waals surface area contributed by atoms with Gasteiger partial charge in [-0.1, -0.05) is 29.8 Å². The molecule has 0 bridgehead atoms. The predicted octanol–water partition coefficient (Wildman–Crippen LogP) is 4.21. The molecule has 2 aromatic rings. The van der Waals surface area contributed by atoms with E-state index in [1.807, 2.05) is 0 Å². The lowest BCUT2D eigenvalue weighted by molar-refractivity contribution is -0.122. The molecule has 0 spiro atoms. The molecule has 1 N–H and O–H groups in total. The highest BCUT2D eigenvalue weighted by atomic mass is 35.5. The monoisotopic (exact) mass is 323 g/mol. The van der Waals surface area contributed by atoms with Crippen molar-refractivity contribution in [3.63, 3.8) is 0 Å². The second-order valence-corrected chi connectivity index (χ2v) is 6.01. The summed E-state index contributed by atoms with van der Waals surface area (Å²) in [6.07, 6.45) is 0.0556. The van der Waals surface area contributed by atoms with Gasteiger partial charge in [-0.3, -0.25) is 4.79 Å². The zero-order valence-electron chi connectivity index (χ0n) is 12.3. The zero-order chi connectivity index (χ0) is 16.3. The van der Waals surface area contributed by atoms with Crippen molar-refractivity contribution < 1.29 is 13.6 Å². The van der Waals surface area contributed by atoms with Crippen LogP contribution in [0.3, 0.4) is 0 Å². The van der Waals surface area contributed by atoms with E-state index in [-0.39, 0.29) is 23.2 Å². The maximum absolute atomic E-state index is 13.1. The third-order valence-electron chi connectivity index (χ3n) is 3.31. The SMILES string of the molecule is CC(C)(NC(=O)Cc1cccc(F)c1)c1ccc(F)cc1Cl. The Balaban J connectivity index is 2.12. The summed E-state index contributed by atoms with van der Waals surface area (Å²) in [5, 5.41) is 3.08. The fourth-order valence-electron chi connectivity index (χ4n) is 2.29. The van der Waals surface area contributed by atoms with Crippen molar-refractivity contribution in [2.75, 3.05) is 0 Å². The Morgan fingerprint density at radius 3 is 2.45 bits per heavy atom. The average Bonchev–Trinajstić information content (AvgIpc) is 2.36. The minimum atomic E-state index is -0.769. The lowest BCUT2D eigenvalue weighted by Gasteiger charge is -2.28. The van der Waals surface area contributed by atoms with E-state index >= 15 is 0 Å². The van der Waals surface area contributed by atoms with Crippen molar-refractivity contribution in [3.8, 4) is 0 Å². The van der Waals surface area contributed by atoms with Crippen LogP contribution in [-0.2, 0) is 16.8 Å². The normalized spacial score (nSPS) is 11.3. The number of hydrogen-bond donors (Lipinski definition) is 1. The molecule has 5 heteroatoms. The first-order chi connectivity index (χ1) is 10.3. The number of benzene rings is 2. The van der Waals surface area contributed by atoms with Gasteiger partial charge in [-0.05, 0) is 49.2 Å². The molecular formula is C17H16ClF2NO. The van der Waals surface area contributed by atoms with Crippen LogP contribution >= 0.6 is 11.6 Å². The van der Waals surface area contributed by atoms with Crippen molar-refractivity contribution in [1.29, 1.82) is 0 Å². The van der Waals surface area contributed by atoms with Gasteiger partial charge in [0.15, 0.2) is 0 Å². The van der Waals surface area contributed by atoms with Gasteiger partial charge < -0.3 is 5.32 Å². The number of rotatable bonds is 4. The number of nitrogens with one attached hydrogen (secondary N) is 1. The van der Waals surface area contributed by atoms with Gasteiger partial charge in [-0.25, -0.2) is 8.78 Å². The van der Waals surface area contributed by atoms with Gasteiger partial charge >= 0.3 is 0 Å². The van der Waals surface area contributed by atoms with Crippen molar-refractivity contribution >= 4 is 17.5 Å². The molecule has 0 atom stereocenters. The van der Waals surface area contributed by atoms with Crippen LogP contribution in [0.4, 0.5) is 8.78 Å². The van der Waals surface area contributed by atoms with E-state index in [2.05, 4.69) is 5.32 Å². The molecule has 0 radical (unpaired) electrons. The van der Waals surface area contributed by atoms with E-state index in [1.54, 1.807) is 32.0 Å². The molecule has 0 saturated carbocycles. The predicted molar refractivity (Wildman–Crippen MR) is 82.7 cm³/mol. The fourth-order valence-corrected chi connectivity index (χ4v) is 2.69. The van der Waals surface area contributed by atoms with Crippen LogP contribution < -0.4 is 5.32 Å². The summed E-state index contributed by atoms with van der Waals surface area (Å²) < 4.78 is 26.2. The van der Waals surface area contributed by atoms with Crippen molar-refractivity contribution in [2.24, 2.45) is 0 Å². The van der Waals surface area contributed by atoms with Crippen LogP contribution in [0, 0.1) is 11.6 Å². The lowest BCUT2D eigenvalue weighted by Crippen LogP contribution is -2.42. The summed E-state index contributed by atoms with van der Waals surface area (Å²) in [5.41, 5.74) is 0.427. The highest BCUT2D eigenvalue weighted by molar-refractivity contribution is 6.31. The summed E-state index contributed by atoms with van der Waals surface area (Å²) in [4.78, 5) is 12.1. The van der Waals surface area contributed by atoms with Gasteiger partial charge in [-0.15, -0.1) is 0 Å². The van der Waals surface area contributed by atoms with Crippen LogP contribution in [0.5, 0.6) is 0 Å². The molecule has 116 valence electrons. The number of carbonyl (C=O) groups is 1. The second-order valence-electron chi connectivity index (χ2n) is 5.60. The molecule has 0 heterocycles. The molecule has 22 heavy (non-hydrogen) atoms. The molecule has 0 aromatic heterocycles. The Hall–Kier alpha value is -1.94. The molecule has 0 aliphatic heterocycles. The van der Waals surface area contributed by atoms with E-state index in [0.717, 1.165) is 0 Å². The largest absolute Gasteiger partial charge is 0.347 e. The van der Waals surface area contributed by atoms with Gasteiger partial charge in [0.05, 0.1) is 12.0 Å². The Morgan fingerprint density at radius 1 is 1.14 bits per heavy atom. The fraction of sp³-hybridized carbons (Fsp3) is 0.235. The van der Waals surface area contributed by atoms with Gasteiger partial charge in [-0.2, -0.15) is 0 Å². The highest BCUT2D eigenvalue weighted by Gasteiger charge is 2.25. The minimum Gasteiger partial charge on any atom is -0.347 e. The van der Waals surface area contributed by atoms with Gasteiger partial charge in [0.25, 0.3) is 0 Å². The van der Waals surface area contributed by atoms with E-state index in [0.29, 0.717) is 11.1 Å². The molecule has 0 fully saturated rings. The molecule has 0 aliphatic rings. The van der Waals surface area contributed by atoms with E-state index < -0.39 is 11.4 Å². The Bertz CT molecular complexity index is 701. The summed E-state index contributed by atoms with van der Waals surface area (Å²) >= 11 is 6.04. The first-order valence-electron chi connectivity index (χ1n) is 6.79. The maximum atomic E-state index is 13.1. The van der Waals surface area contributed by atoms with Crippen LogP contribution in [0.15, 0.2) is 42.5 Å². The van der Waals surface area contributed by atoms with Crippen LogP contribution in [-0.4, -0.2) is 5.91 Å². The molecule has 0 aliphatic carbocycles. The third kappa shape index (κ3) is 4.04. The Morgan fingerprint density at radius 2 is 1.82 bits per heavy atom. The quantitative estimate of drug-likeness (QED) is 0.897. The topological polar surface area (TPSA) is 29.1 Å². The molecule has 0 saturated heterocycles. The molecular weight excluding hydrogens is 308 g/mol. The second kappa shape index (κ2) is 6.44. The highest BCUT2D eigenvalue weighted by Crippen LogP contribution is 2.28. The Kier molecular flexibility index (Phi) is 4.81. The Labute approximate surface area is 133 Å². The van der Waals surface area contributed by atoms with E-state index in [1.165, 1.54) is 24.3 Å². The van der Waals surface area contributed by atoms with Crippen molar-refractivity contribution in [2.45, 2.75) is 25.8 Å². The van der Waals surface area contributed by atoms with E-state index in [4.69, 9.17) is 11.6 Å². The van der Waals surface area contributed by atoms with Gasteiger partial charge in [0, 0.05) is 5.02 Å². The average molecular weight is 324 g/mol. The summed E-state index contributed by atoms with van der Waals surface area (Å²) in [6.45, 7) is 3.55. The van der Waals surface area contributed by atoms with Gasteiger partial charge in [0.2, 0.25) is 5.91 Å². The van der Waals surface area contributed by atoms with Crippen LogP contribution in [0.25, 0.3) is 0 Å². The third-order valence-corrected chi connectivity index (χ3v) is 3.62. The molecule has 2 rings (SSSR count). The molecule has 2 aromatic carbocycles. The summed E-state index contributed by atoms with van der Waals surface area (Å²) in [5.74, 6) is -1.09. The number of amides is 1. The number of halogens is 3. The standard InChI is InChI=1S/C17H16ClF2NO/c1-17(2,14-7-6-13(20)10-15(14)18)21-16(22)9-11-4-3-5-12(19)8-11/h3-8,10H,9H2,1-2H3,(H,21,22). The van der Waals surface area contributed by atoms with Crippen LogP contribution in [0.2, 0.25) is 5.02 Å².